The Bertz CT molecular complexity index is 1070. The summed E-state index contributed by atoms with van der Waals surface area (Å²) in [6.07, 6.45) is 0. The van der Waals surface area contributed by atoms with Crippen LogP contribution in [0.25, 0.3) is 10.8 Å². The zero-order valence-electron chi connectivity index (χ0n) is 16.5. The van der Waals surface area contributed by atoms with Gasteiger partial charge >= 0.3 is 0 Å². The van der Waals surface area contributed by atoms with E-state index in [1.54, 1.807) is 17.8 Å². The molecule has 1 aliphatic heterocycles. The Morgan fingerprint density at radius 2 is 1.93 bits per heavy atom. The molecule has 2 aromatic carbocycles. The zero-order valence-corrected chi connectivity index (χ0v) is 16.5. The second kappa shape index (κ2) is 8.91. The van der Waals surface area contributed by atoms with E-state index in [-0.39, 0.29) is 5.91 Å². The van der Waals surface area contributed by atoms with Crippen LogP contribution < -0.4 is 5.32 Å². The lowest BCUT2D eigenvalue weighted by atomic mass is 10.1. The number of benzene rings is 2. The van der Waals surface area contributed by atoms with E-state index in [4.69, 9.17) is 4.74 Å². The number of amides is 1. The van der Waals surface area contributed by atoms with Crippen molar-refractivity contribution < 1.29 is 9.53 Å². The number of aromatic nitrogens is 2. The van der Waals surface area contributed by atoms with Gasteiger partial charge in [-0.3, -0.25) is 14.4 Å². The van der Waals surface area contributed by atoms with E-state index in [9.17, 15) is 4.79 Å². The van der Waals surface area contributed by atoms with Crippen LogP contribution in [0.15, 0.2) is 48.5 Å². The molecule has 29 heavy (non-hydrogen) atoms. The molecule has 148 valence electrons. The average molecular weight is 388 g/mol. The Labute approximate surface area is 170 Å². The highest BCUT2D eigenvalue weighted by molar-refractivity contribution is 5.92. The molecular formula is C23H24N4O2. The standard InChI is InChI=1S/C23H24N4O2/c1-26-20(10-9-19-7-4-6-18-5-2-3-8-21(18)19)17-22(25-26)23(28)24-11-12-27-13-15-29-16-14-27/h2-8,17H,11-16H2,1H3,(H,24,28). The van der Waals surface area contributed by atoms with Crippen LogP contribution in [0, 0.1) is 11.8 Å². The molecule has 3 aromatic rings. The largest absolute Gasteiger partial charge is 0.379 e. The van der Waals surface area contributed by atoms with Crippen molar-refractivity contribution in [3.05, 3.63) is 65.5 Å². The molecule has 0 bridgehead atoms. The molecule has 0 saturated carbocycles. The van der Waals surface area contributed by atoms with E-state index in [1.807, 2.05) is 24.3 Å². The molecule has 0 spiro atoms. The lowest BCUT2D eigenvalue weighted by Crippen LogP contribution is -2.41. The Morgan fingerprint density at radius 3 is 2.79 bits per heavy atom. The quantitative estimate of drug-likeness (QED) is 0.695. The van der Waals surface area contributed by atoms with Gasteiger partial charge in [-0.05, 0) is 22.8 Å². The van der Waals surface area contributed by atoms with Crippen LogP contribution in [0.3, 0.4) is 0 Å². The van der Waals surface area contributed by atoms with Gasteiger partial charge < -0.3 is 10.1 Å². The number of carbonyl (C=O) groups excluding carboxylic acids is 1. The number of hydrogen-bond acceptors (Lipinski definition) is 4. The summed E-state index contributed by atoms with van der Waals surface area (Å²) in [6.45, 7) is 4.74. The first-order valence-electron chi connectivity index (χ1n) is 9.83. The van der Waals surface area contributed by atoms with Gasteiger partial charge in [-0.15, -0.1) is 0 Å². The fourth-order valence-corrected chi connectivity index (χ4v) is 3.40. The maximum absolute atomic E-state index is 12.4. The highest BCUT2D eigenvalue weighted by atomic mass is 16.5. The van der Waals surface area contributed by atoms with Crippen molar-refractivity contribution in [1.82, 2.24) is 20.0 Å². The predicted octanol–water partition coefficient (Wildman–Crippen LogP) is 2.04. The van der Waals surface area contributed by atoms with E-state index >= 15 is 0 Å². The van der Waals surface area contributed by atoms with Crippen LogP contribution in [0.1, 0.15) is 21.7 Å². The topological polar surface area (TPSA) is 59.4 Å². The number of carbonyl (C=O) groups is 1. The summed E-state index contributed by atoms with van der Waals surface area (Å²) in [7, 11) is 1.80. The number of nitrogens with zero attached hydrogens (tertiary/aromatic N) is 3. The minimum Gasteiger partial charge on any atom is -0.379 e. The second-order valence-electron chi connectivity index (χ2n) is 7.03. The molecule has 0 radical (unpaired) electrons. The van der Waals surface area contributed by atoms with E-state index in [1.165, 1.54) is 0 Å². The molecule has 6 heteroatoms. The fraction of sp³-hybridized carbons (Fsp3) is 0.304. The normalized spacial score (nSPS) is 14.4. The minimum atomic E-state index is -0.174. The molecule has 1 fully saturated rings. The van der Waals surface area contributed by atoms with E-state index in [0.717, 1.165) is 49.2 Å². The first kappa shape index (κ1) is 19.2. The molecule has 1 aliphatic rings. The van der Waals surface area contributed by atoms with Crippen molar-refractivity contribution in [2.45, 2.75) is 0 Å². The summed E-state index contributed by atoms with van der Waals surface area (Å²) in [4.78, 5) is 14.7. The Morgan fingerprint density at radius 1 is 1.14 bits per heavy atom. The lowest BCUT2D eigenvalue weighted by Gasteiger charge is -2.26. The van der Waals surface area contributed by atoms with Crippen LogP contribution in [0.4, 0.5) is 0 Å². The Hall–Kier alpha value is -3.14. The molecule has 1 aromatic heterocycles. The Kier molecular flexibility index (Phi) is 5.89. The molecule has 4 rings (SSSR count). The summed E-state index contributed by atoms with van der Waals surface area (Å²) in [6, 6.07) is 16.0. The van der Waals surface area contributed by atoms with Crippen LogP contribution in [-0.2, 0) is 11.8 Å². The summed E-state index contributed by atoms with van der Waals surface area (Å²) >= 11 is 0. The molecule has 1 saturated heterocycles. The van der Waals surface area contributed by atoms with Gasteiger partial charge in [0, 0.05) is 44.9 Å². The van der Waals surface area contributed by atoms with Crippen LogP contribution >= 0.6 is 0 Å². The summed E-state index contributed by atoms with van der Waals surface area (Å²) in [5, 5.41) is 9.53. The van der Waals surface area contributed by atoms with E-state index < -0.39 is 0 Å². The first-order valence-corrected chi connectivity index (χ1v) is 9.83. The minimum absolute atomic E-state index is 0.174. The second-order valence-corrected chi connectivity index (χ2v) is 7.03. The van der Waals surface area contributed by atoms with Crippen molar-refractivity contribution in [3.8, 4) is 11.8 Å². The van der Waals surface area contributed by atoms with Gasteiger partial charge in [0.1, 0.15) is 5.69 Å². The predicted molar refractivity (Wildman–Crippen MR) is 113 cm³/mol. The SMILES string of the molecule is Cn1nc(C(=O)NCCN2CCOCC2)cc1C#Cc1cccc2ccccc12. The number of hydrogen-bond donors (Lipinski definition) is 1. The third-order valence-corrected chi connectivity index (χ3v) is 5.04. The molecular weight excluding hydrogens is 364 g/mol. The van der Waals surface area contributed by atoms with Gasteiger partial charge in [0.25, 0.3) is 5.91 Å². The monoisotopic (exact) mass is 388 g/mol. The van der Waals surface area contributed by atoms with Crippen molar-refractivity contribution in [2.75, 3.05) is 39.4 Å². The maximum Gasteiger partial charge on any atom is 0.271 e. The van der Waals surface area contributed by atoms with Crippen LogP contribution in [-0.4, -0.2) is 60.0 Å². The molecule has 1 N–H and O–H groups in total. The van der Waals surface area contributed by atoms with E-state index in [2.05, 4.69) is 45.4 Å². The fourth-order valence-electron chi connectivity index (χ4n) is 3.40. The number of fused-ring (bicyclic) bond motifs is 1. The van der Waals surface area contributed by atoms with Crippen LogP contribution in [0.2, 0.25) is 0 Å². The van der Waals surface area contributed by atoms with Crippen LogP contribution in [0.5, 0.6) is 0 Å². The first-order chi connectivity index (χ1) is 14.2. The van der Waals surface area contributed by atoms with Gasteiger partial charge in [-0.25, -0.2) is 0 Å². The van der Waals surface area contributed by atoms with Crippen molar-refractivity contribution in [3.63, 3.8) is 0 Å². The van der Waals surface area contributed by atoms with Gasteiger partial charge in [0.05, 0.1) is 13.2 Å². The average Bonchev–Trinajstić information content (AvgIpc) is 3.13. The number of rotatable bonds is 4. The van der Waals surface area contributed by atoms with Crippen molar-refractivity contribution >= 4 is 16.7 Å². The number of aryl methyl sites for hydroxylation is 1. The molecule has 6 nitrogen and oxygen atoms in total. The molecule has 0 aliphatic carbocycles. The summed E-state index contributed by atoms with van der Waals surface area (Å²) < 4.78 is 6.98. The lowest BCUT2D eigenvalue weighted by molar-refractivity contribution is 0.0383. The Balaban J connectivity index is 1.43. The molecule has 2 heterocycles. The molecule has 0 atom stereocenters. The van der Waals surface area contributed by atoms with Gasteiger partial charge in [-0.2, -0.15) is 5.10 Å². The van der Waals surface area contributed by atoms with Crippen molar-refractivity contribution in [1.29, 1.82) is 0 Å². The summed E-state index contributed by atoms with van der Waals surface area (Å²) in [5.74, 6) is 6.20. The highest BCUT2D eigenvalue weighted by Crippen LogP contribution is 2.17. The van der Waals surface area contributed by atoms with Gasteiger partial charge in [-0.1, -0.05) is 42.3 Å². The van der Waals surface area contributed by atoms with Gasteiger partial charge in [0.2, 0.25) is 0 Å². The number of nitrogens with one attached hydrogen (secondary N) is 1. The number of ether oxygens (including phenoxy) is 1. The van der Waals surface area contributed by atoms with E-state index in [0.29, 0.717) is 17.9 Å². The molecule has 0 unspecified atom stereocenters. The summed E-state index contributed by atoms with van der Waals surface area (Å²) in [5.41, 5.74) is 2.05. The van der Waals surface area contributed by atoms with Crippen molar-refractivity contribution in [2.24, 2.45) is 7.05 Å². The smallest absolute Gasteiger partial charge is 0.271 e. The number of morpholine rings is 1. The van der Waals surface area contributed by atoms with Gasteiger partial charge in [0.15, 0.2) is 5.69 Å². The molecule has 1 amide bonds. The zero-order chi connectivity index (χ0) is 20.1. The highest BCUT2D eigenvalue weighted by Gasteiger charge is 2.13. The third kappa shape index (κ3) is 4.65. The maximum atomic E-state index is 12.4. The third-order valence-electron chi connectivity index (χ3n) is 5.04.